The number of rotatable bonds is 30. The van der Waals surface area contributed by atoms with Gasteiger partial charge >= 0.3 is 37.7 Å². The number of aliphatic carboxylic acids is 2. The molecule has 0 saturated carbocycles. The van der Waals surface area contributed by atoms with Crippen LogP contribution in [-0.4, -0.2) is 11.9 Å². The monoisotopic (exact) mass is 577 g/mol. The third-order valence-electron chi connectivity index (χ3n) is 7.29. The molecule has 0 radical (unpaired) electrons. The summed E-state index contributed by atoms with van der Waals surface area (Å²) >= 11 is 0. The molecule has 4 nitrogen and oxygen atoms in total. The Morgan fingerprint density at radius 1 is 0.381 bits per heavy atom. The summed E-state index contributed by atoms with van der Waals surface area (Å²) in [4.78, 5) is 20.4. The molecular formula is C36H66Li2O4. The molecule has 0 amide bonds. The minimum atomic E-state index is -0.914. The van der Waals surface area contributed by atoms with E-state index in [2.05, 4.69) is 38.2 Å². The quantitative estimate of drug-likeness (QED) is 0.0744. The second kappa shape index (κ2) is 45.0. The molecule has 0 aliphatic carbocycles. The molecule has 0 aromatic heterocycles. The van der Waals surface area contributed by atoms with Crippen molar-refractivity contribution in [3.8, 4) is 0 Å². The zero-order chi connectivity index (χ0) is 29.8. The number of hydrogen-bond donors (Lipinski definition) is 0. The van der Waals surface area contributed by atoms with Gasteiger partial charge < -0.3 is 19.8 Å². The van der Waals surface area contributed by atoms with Crippen molar-refractivity contribution in [1.29, 1.82) is 0 Å². The molecule has 0 spiro atoms. The predicted molar refractivity (Wildman–Crippen MR) is 169 cm³/mol. The van der Waals surface area contributed by atoms with Crippen LogP contribution in [0, 0.1) is 0 Å². The molecule has 0 aliphatic rings. The fourth-order valence-electron chi connectivity index (χ4n) is 4.68. The van der Waals surface area contributed by atoms with Gasteiger partial charge in [-0.05, 0) is 77.0 Å². The van der Waals surface area contributed by atoms with E-state index >= 15 is 0 Å². The minimum Gasteiger partial charge on any atom is -0.550 e. The minimum absolute atomic E-state index is 0. The van der Waals surface area contributed by atoms with Crippen molar-refractivity contribution in [2.45, 2.75) is 194 Å². The van der Waals surface area contributed by atoms with Crippen LogP contribution in [0.25, 0.3) is 0 Å². The van der Waals surface area contributed by atoms with Crippen LogP contribution in [0.4, 0.5) is 0 Å². The molecule has 0 aromatic rings. The maximum absolute atomic E-state index is 10.2. The van der Waals surface area contributed by atoms with Crippen molar-refractivity contribution >= 4 is 11.9 Å². The molecule has 0 atom stereocenters. The number of allylic oxidation sites excluding steroid dienone is 4. The number of hydrogen-bond acceptors (Lipinski definition) is 4. The molecule has 0 rings (SSSR count). The first kappa shape index (κ1) is 48.5. The predicted octanol–water partition coefficient (Wildman–Crippen LogP) is 3.56. The second-order valence-corrected chi connectivity index (χ2v) is 11.4. The van der Waals surface area contributed by atoms with Gasteiger partial charge in [0.25, 0.3) is 0 Å². The van der Waals surface area contributed by atoms with Crippen LogP contribution in [-0.2, 0) is 9.59 Å². The largest absolute Gasteiger partial charge is 1.00 e. The standard InChI is InChI=1S/2C18H34O2.2Li/c2*1-2-3-4-5-6-7-8-9-10-11-12-13-14-15-16-17-18(19)20;;/h2*9-10H,2-8,11-17H2,1H3,(H,19,20);;/q;;2*+1/p-2/b2*10-9-;;. The zero-order valence-corrected chi connectivity index (χ0v) is 28.7. The third kappa shape index (κ3) is 52.3. The average molecular weight is 577 g/mol. The van der Waals surface area contributed by atoms with E-state index in [0.29, 0.717) is 0 Å². The Kier molecular flexibility index (Phi) is 52.0. The maximum atomic E-state index is 10.2. The summed E-state index contributed by atoms with van der Waals surface area (Å²) in [6.45, 7) is 4.51. The average Bonchev–Trinajstić information content (AvgIpc) is 2.93. The molecule has 6 heteroatoms. The van der Waals surface area contributed by atoms with Crippen molar-refractivity contribution < 1.29 is 57.5 Å². The molecule has 0 aromatic carbocycles. The summed E-state index contributed by atoms with van der Waals surface area (Å²) in [5.41, 5.74) is 0. The number of carbonyl (C=O) groups is 2. The molecular weight excluding hydrogens is 510 g/mol. The summed E-state index contributed by atoms with van der Waals surface area (Å²) < 4.78 is 0. The number of carbonyl (C=O) groups excluding carboxylic acids is 2. The van der Waals surface area contributed by atoms with Gasteiger partial charge in [0.2, 0.25) is 0 Å². The molecule has 42 heavy (non-hydrogen) atoms. The topological polar surface area (TPSA) is 80.3 Å². The molecule has 0 fully saturated rings. The number of carboxylic acids is 2. The van der Waals surface area contributed by atoms with Crippen LogP contribution in [0.2, 0.25) is 0 Å². The van der Waals surface area contributed by atoms with Crippen LogP contribution >= 0.6 is 0 Å². The van der Waals surface area contributed by atoms with Crippen LogP contribution in [0.5, 0.6) is 0 Å². The second-order valence-electron chi connectivity index (χ2n) is 11.4. The van der Waals surface area contributed by atoms with Crippen LogP contribution < -0.4 is 47.9 Å². The van der Waals surface area contributed by atoms with Gasteiger partial charge in [-0.25, -0.2) is 0 Å². The van der Waals surface area contributed by atoms with E-state index in [4.69, 9.17) is 0 Å². The Morgan fingerprint density at radius 3 is 0.833 bits per heavy atom. The van der Waals surface area contributed by atoms with Gasteiger partial charge in [-0.2, -0.15) is 0 Å². The smallest absolute Gasteiger partial charge is 0.550 e. The number of unbranched alkanes of at least 4 members (excludes halogenated alkanes) is 22. The van der Waals surface area contributed by atoms with Crippen molar-refractivity contribution in [2.24, 2.45) is 0 Å². The van der Waals surface area contributed by atoms with Gasteiger partial charge in [0.05, 0.1) is 0 Å². The van der Waals surface area contributed by atoms with Crippen molar-refractivity contribution in [1.82, 2.24) is 0 Å². The van der Waals surface area contributed by atoms with Crippen molar-refractivity contribution in [3.63, 3.8) is 0 Å². The van der Waals surface area contributed by atoms with Gasteiger partial charge in [0, 0.05) is 11.9 Å². The third-order valence-corrected chi connectivity index (χ3v) is 7.29. The van der Waals surface area contributed by atoms with E-state index in [0.717, 1.165) is 38.5 Å². The summed E-state index contributed by atoms with van der Waals surface area (Å²) in [5, 5.41) is 20.4. The Labute approximate surface area is 286 Å². The van der Waals surface area contributed by atoms with Crippen molar-refractivity contribution in [3.05, 3.63) is 24.3 Å². The first-order chi connectivity index (χ1) is 19.5. The zero-order valence-electron chi connectivity index (χ0n) is 28.7. The van der Waals surface area contributed by atoms with Gasteiger partial charge in [-0.15, -0.1) is 0 Å². The van der Waals surface area contributed by atoms with E-state index in [9.17, 15) is 19.8 Å². The fourth-order valence-corrected chi connectivity index (χ4v) is 4.68. The first-order valence-corrected chi connectivity index (χ1v) is 17.2. The van der Waals surface area contributed by atoms with Gasteiger partial charge in [-0.1, -0.05) is 141 Å². The SMILES string of the molecule is CCCCCCCC/C=C\CCCCCCCC(=O)[O-].CCCCCCCC/C=C\CCCCCCCC(=O)[O-].[Li+].[Li+]. The van der Waals surface area contributed by atoms with E-state index < -0.39 is 11.9 Å². The maximum Gasteiger partial charge on any atom is 1.00 e. The molecule has 0 saturated heterocycles. The normalized spacial score (nSPS) is 10.7. The van der Waals surface area contributed by atoms with Gasteiger partial charge in [-0.3, -0.25) is 0 Å². The van der Waals surface area contributed by atoms with Crippen LogP contribution in [0.15, 0.2) is 24.3 Å². The Morgan fingerprint density at radius 2 is 0.595 bits per heavy atom. The van der Waals surface area contributed by atoms with E-state index in [1.54, 1.807) is 0 Å². The summed E-state index contributed by atoms with van der Waals surface area (Å²) in [5.74, 6) is -1.83. The van der Waals surface area contributed by atoms with Gasteiger partial charge in [0.1, 0.15) is 0 Å². The Bertz CT molecular complexity index is 529. The summed E-state index contributed by atoms with van der Waals surface area (Å²) in [6, 6.07) is 0. The van der Waals surface area contributed by atoms with E-state index in [1.807, 2.05) is 0 Å². The van der Waals surface area contributed by atoms with E-state index in [-0.39, 0.29) is 50.6 Å². The summed E-state index contributed by atoms with van der Waals surface area (Å²) in [7, 11) is 0. The van der Waals surface area contributed by atoms with Crippen LogP contribution in [0.3, 0.4) is 0 Å². The number of carboxylic acid groups (broad SMARTS) is 2. The molecule has 0 aliphatic heterocycles. The molecule has 0 bridgehead atoms. The Hall–Kier alpha value is -0.385. The molecule has 0 heterocycles. The van der Waals surface area contributed by atoms with Crippen molar-refractivity contribution in [2.75, 3.05) is 0 Å². The first-order valence-electron chi connectivity index (χ1n) is 17.2. The van der Waals surface area contributed by atoms with Gasteiger partial charge in [0.15, 0.2) is 0 Å². The fraction of sp³-hybridized carbons (Fsp3) is 0.833. The van der Waals surface area contributed by atoms with E-state index in [1.165, 1.54) is 128 Å². The Balaban J connectivity index is -0.000000328. The summed E-state index contributed by atoms with van der Waals surface area (Å²) in [6.07, 6.45) is 41.8. The molecule has 0 N–H and O–H groups in total. The molecule has 236 valence electrons. The molecule has 0 unspecified atom stereocenters. The van der Waals surface area contributed by atoms with Crippen LogP contribution in [0.1, 0.15) is 194 Å².